The molecule has 0 fully saturated rings. The highest BCUT2D eigenvalue weighted by Crippen LogP contribution is 2.39. The molecule has 3 rings (SSSR count). The van der Waals surface area contributed by atoms with Crippen LogP contribution in [0.5, 0.6) is 17.2 Å². The lowest BCUT2D eigenvalue weighted by Crippen LogP contribution is -2.17. The van der Waals surface area contributed by atoms with Crippen molar-refractivity contribution in [2.75, 3.05) is 21.3 Å². The molecule has 6 heteroatoms. The number of hydrogen-bond donors (Lipinski definition) is 1. The number of para-hydroxylation sites is 1. The van der Waals surface area contributed by atoms with Crippen molar-refractivity contribution in [3.05, 3.63) is 77.6 Å². The smallest absolute Gasteiger partial charge is 0.251 e. The first-order valence-electron chi connectivity index (χ1n) is 9.01. The Morgan fingerprint density at radius 1 is 1.00 bits per heavy atom. The molecule has 0 unspecified atom stereocenters. The molecule has 0 aliphatic carbocycles. The van der Waals surface area contributed by atoms with Crippen LogP contribution < -0.4 is 19.5 Å². The summed E-state index contributed by atoms with van der Waals surface area (Å²) in [5.74, 6) is 0.904. The second-order valence-electron chi connectivity index (χ2n) is 6.28. The van der Waals surface area contributed by atoms with Crippen molar-refractivity contribution < 1.29 is 23.4 Å². The van der Waals surface area contributed by atoms with Gasteiger partial charge in [0.05, 0.1) is 14.2 Å². The van der Waals surface area contributed by atoms with Gasteiger partial charge >= 0.3 is 0 Å². The quantitative estimate of drug-likeness (QED) is 0.642. The first-order chi connectivity index (χ1) is 14.0. The third-order valence-corrected chi connectivity index (χ3v) is 4.43. The van der Waals surface area contributed by atoms with Crippen LogP contribution in [0.2, 0.25) is 0 Å². The van der Waals surface area contributed by atoms with E-state index < -0.39 is 5.82 Å². The van der Waals surface area contributed by atoms with E-state index in [0.29, 0.717) is 33.9 Å². The molecule has 0 aliphatic rings. The van der Waals surface area contributed by atoms with Crippen molar-refractivity contribution in [1.29, 1.82) is 0 Å². The Balaban J connectivity index is 1.82. The van der Waals surface area contributed by atoms with Crippen LogP contribution in [0.3, 0.4) is 0 Å². The molecule has 0 saturated heterocycles. The molecular weight excluding hydrogens is 373 g/mol. The summed E-state index contributed by atoms with van der Waals surface area (Å²) in [5.41, 5.74) is 2.74. The Morgan fingerprint density at radius 2 is 1.76 bits per heavy atom. The second-order valence-corrected chi connectivity index (χ2v) is 6.28. The average molecular weight is 395 g/mol. The van der Waals surface area contributed by atoms with E-state index in [1.54, 1.807) is 57.7 Å². The van der Waals surface area contributed by atoms with Crippen LogP contribution >= 0.6 is 0 Å². The van der Waals surface area contributed by atoms with Gasteiger partial charge in [-0.15, -0.1) is 0 Å². The number of nitrogens with one attached hydrogen (secondary N) is 1. The summed E-state index contributed by atoms with van der Waals surface area (Å²) in [6, 6.07) is 17.0. The molecule has 1 N–H and O–H groups in total. The van der Waals surface area contributed by atoms with Gasteiger partial charge in [-0.1, -0.05) is 24.3 Å². The van der Waals surface area contributed by atoms with Gasteiger partial charge in [-0.25, -0.2) is 4.39 Å². The zero-order chi connectivity index (χ0) is 20.8. The van der Waals surface area contributed by atoms with E-state index in [2.05, 4.69) is 5.32 Å². The van der Waals surface area contributed by atoms with Crippen molar-refractivity contribution in [1.82, 2.24) is 5.32 Å². The van der Waals surface area contributed by atoms with Crippen LogP contribution in [-0.2, 0) is 6.61 Å². The fourth-order valence-corrected chi connectivity index (χ4v) is 2.98. The van der Waals surface area contributed by atoms with Gasteiger partial charge in [0, 0.05) is 24.2 Å². The van der Waals surface area contributed by atoms with Gasteiger partial charge in [0.15, 0.2) is 11.5 Å². The van der Waals surface area contributed by atoms with Crippen molar-refractivity contribution in [3.63, 3.8) is 0 Å². The van der Waals surface area contributed by atoms with Crippen LogP contribution in [0.4, 0.5) is 4.39 Å². The molecule has 0 aliphatic heterocycles. The van der Waals surface area contributed by atoms with Gasteiger partial charge < -0.3 is 19.5 Å². The summed E-state index contributed by atoms with van der Waals surface area (Å²) in [6.45, 7) is 0.242. The largest absolute Gasteiger partial charge is 0.493 e. The highest BCUT2D eigenvalue weighted by molar-refractivity contribution is 5.93. The summed E-state index contributed by atoms with van der Waals surface area (Å²) < 4.78 is 30.8. The van der Waals surface area contributed by atoms with Gasteiger partial charge in [0.25, 0.3) is 5.91 Å². The minimum absolute atomic E-state index is 0.153. The molecule has 0 heterocycles. The zero-order valence-electron chi connectivity index (χ0n) is 16.5. The van der Waals surface area contributed by atoms with Gasteiger partial charge in [-0.2, -0.15) is 0 Å². The maximum absolute atomic E-state index is 14.2. The van der Waals surface area contributed by atoms with Gasteiger partial charge in [-0.05, 0) is 41.5 Å². The molecule has 0 bridgehead atoms. The van der Waals surface area contributed by atoms with E-state index in [-0.39, 0.29) is 12.5 Å². The standard InChI is InChI=1S/C23H22FNO4/c1-25-23(26)16-9-7-15(8-10-16)14-29-19-12-17(11-18(24)13-19)20-5-4-6-21(27-2)22(20)28-3/h4-13H,14H2,1-3H3,(H,25,26). The van der Waals surface area contributed by atoms with E-state index in [4.69, 9.17) is 14.2 Å². The van der Waals surface area contributed by atoms with E-state index in [1.807, 2.05) is 12.1 Å². The number of halogens is 1. The number of methoxy groups -OCH3 is 2. The first kappa shape index (κ1) is 20.2. The molecule has 0 atom stereocenters. The summed E-state index contributed by atoms with van der Waals surface area (Å²) in [7, 11) is 4.68. The van der Waals surface area contributed by atoms with Crippen molar-refractivity contribution in [2.45, 2.75) is 6.61 Å². The molecule has 3 aromatic carbocycles. The zero-order valence-corrected chi connectivity index (χ0v) is 16.5. The number of hydrogen-bond acceptors (Lipinski definition) is 4. The van der Waals surface area contributed by atoms with Crippen molar-refractivity contribution in [3.8, 4) is 28.4 Å². The Labute approximate surface area is 169 Å². The number of benzene rings is 3. The van der Waals surface area contributed by atoms with Crippen molar-refractivity contribution >= 4 is 5.91 Å². The molecule has 0 radical (unpaired) electrons. The minimum Gasteiger partial charge on any atom is -0.493 e. The third-order valence-electron chi connectivity index (χ3n) is 4.43. The highest BCUT2D eigenvalue weighted by Gasteiger charge is 2.13. The van der Waals surface area contributed by atoms with Gasteiger partial charge in [-0.3, -0.25) is 4.79 Å². The number of carbonyl (C=O) groups excluding carboxylic acids is 1. The van der Waals surface area contributed by atoms with E-state index in [0.717, 1.165) is 5.56 Å². The first-order valence-corrected chi connectivity index (χ1v) is 9.01. The monoisotopic (exact) mass is 395 g/mol. The predicted molar refractivity (Wildman–Crippen MR) is 109 cm³/mol. The normalized spacial score (nSPS) is 10.3. The predicted octanol–water partition coefficient (Wildman–Crippen LogP) is 4.45. The molecule has 1 amide bonds. The van der Waals surface area contributed by atoms with Crippen LogP contribution in [0.25, 0.3) is 11.1 Å². The van der Waals surface area contributed by atoms with E-state index in [1.165, 1.54) is 12.1 Å². The lowest BCUT2D eigenvalue weighted by atomic mass is 10.0. The van der Waals surface area contributed by atoms with E-state index >= 15 is 0 Å². The van der Waals surface area contributed by atoms with Crippen molar-refractivity contribution in [2.24, 2.45) is 0 Å². The molecule has 0 aromatic heterocycles. The third kappa shape index (κ3) is 4.66. The highest BCUT2D eigenvalue weighted by atomic mass is 19.1. The summed E-state index contributed by atoms with van der Waals surface area (Å²) in [4.78, 5) is 11.6. The Bertz CT molecular complexity index is 1000. The molecule has 150 valence electrons. The lowest BCUT2D eigenvalue weighted by Gasteiger charge is -2.14. The minimum atomic E-state index is -0.419. The molecule has 0 saturated carbocycles. The Kier molecular flexibility index (Phi) is 6.34. The summed E-state index contributed by atoms with van der Waals surface area (Å²) in [5, 5.41) is 2.57. The maximum Gasteiger partial charge on any atom is 0.251 e. The van der Waals surface area contributed by atoms with E-state index in [9.17, 15) is 9.18 Å². The number of carbonyl (C=O) groups is 1. The second kappa shape index (κ2) is 9.10. The fraction of sp³-hybridized carbons (Fsp3) is 0.174. The summed E-state index contributed by atoms with van der Waals surface area (Å²) in [6.07, 6.45) is 0. The molecule has 5 nitrogen and oxygen atoms in total. The average Bonchev–Trinajstić information content (AvgIpc) is 2.76. The number of ether oxygens (including phenoxy) is 3. The Morgan fingerprint density at radius 3 is 2.41 bits per heavy atom. The lowest BCUT2D eigenvalue weighted by molar-refractivity contribution is 0.0963. The van der Waals surface area contributed by atoms with Crippen LogP contribution in [0, 0.1) is 5.82 Å². The fourth-order valence-electron chi connectivity index (χ4n) is 2.98. The number of amides is 1. The molecule has 29 heavy (non-hydrogen) atoms. The van der Waals surface area contributed by atoms with Gasteiger partial charge in [0.2, 0.25) is 0 Å². The number of rotatable bonds is 7. The molecule has 3 aromatic rings. The van der Waals surface area contributed by atoms with Gasteiger partial charge in [0.1, 0.15) is 18.2 Å². The SMILES string of the molecule is CNC(=O)c1ccc(COc2cc(F)cc(-c3cccc(OC)c3OC)c2)cc1. The summed E-state index contributed by atoms with van der Waals surface area (Å²) >= 11 is 0. The maximum atomic E-state index is 14.2. The Hall–Kier alpha value is -3.54. The van der Waals surface area contributed by atoms with Crippen LogP contribution in [0.15, 0.2) is 60.7 Å². The molecule has 0 spiro atoms. The topological polar surface area (TPSA) is 56.8 Å². The van der Waals surface area contributed by atoms with Crippen LogP contribution in [-0.4, -0.2) is 27.2 Å². The van der Waals surface area contributed by atoms with Crippen LogP contribution in [0.1, 0.15) is 15.9 Å². The molecular formula is C23H22FNO4.